The molecule has 0 fully saturated rings. The lowest BCUT2D eigenvalue weighted by molar-refractivity contribution is 0.248. The number of amides is 2. The van der Waals surface area contributed by atoms with Gasteiger partial charge in [-0.25, -0.2) is 4.79 Å². The molecule has 1 atom stereocenters. The zero-order valence-electron chi connectivity index (χ0n) is 15.6. The third-order valence-corrected chi connectivity index (χ3v) is 4.35. The molecular weight excluding hydrogens is 340 g/mol. The van der Waals surface area contributed by atoms with E-state index in [9.17, 15) is 4.79 Å². The topological polar surface area (TPSA) is 68.2 Å². The van der Waals surface area contributed by atoms with Gasteiger partial charge in [0.25, 0.3) is 0 Å². The Morgan fingerprint density at radius 3 is 2.48 bits per heavy atom. The molecule has 2 N–H and O–H groups in total. The second-order valence-corrected chi connectivity index (χ2v) is 6.23. The second kappa shape index (κ2) is 8.89. The average molecular weight is 364 g/mol. The predicted octanol–water partition coefficient (Wildman–Crippen LogP) is 4.21. The lowest BCUT2D eigenvalue weighted by atomic mass is 10.0. The Hall–Kier alpha value is -3.28. The van der Waals surface area contributed by atoms with E-state index in [2.05, 4.69) is 15.7 Å². The summed E-state index contributed by atoms with van der Waals surface area (Å²) in [6.07, 6.45) is 4.47. The van der Waals surface area contributed by atoms with Gasteiger partial charge in [0.15, 0.2) is 0 Å². The van der Waals surface area contributed by atoms with Crippen molar-refractivity contribution in [2.75, 3.05) is 12.4 Å². The molecule has 27 heavy (non-hydrogen) atoms. The van der Waals surface area contributed by atoms with Crippen molar-refractivity contribution < 1.29 is 9.53 Å². The van der Waals surface area contributed by atoms with E-state index in [0.29, 0.717) is 6.54 Å². The van der Waals surface area contributed by atoms with Crippen molar-refractivity contribution >= 4 is 11.7 Å². The van der Waals surface area contributed by atoms with Crippen molar-refractivity contribution in [3.8, 4) is 5.75 Å². The van der Waals surface area contributed by atoms with Crippen LogP contribution in [0.2, 0.25) is 0 Å². The van der Waals surface area contributed by atoms with Crippen LogP contribution >= 0.6 is 0 Å². The van der Waals surface area contributed by atoms with Crippen molar-refractivity contribution in [1.82, 2.24) is 15.1 Å². The van der Waals surface area contributed by atoms with E-state index >= 15 is 0 Å². The summed E-state index contributed by atoms with van der Waals surface area (Å²) in [5, 5.41) is 10.1. The summed E-state index contributed by atoms with van der Waals surface area (Å²) in [4.78, 5) is 12.4. The molecule has 140 valence electrons. The quantitative estimate of drug-likeness (QED) is 0.660. The third-order valence-electron chi connectivity index (χ3n) is 4.35. The van der Waals surface area contributed by atoms with Crippen LogP contribution in [0.1, 0.15) is 30.5 Å². The van der Waals surface area contributed by atoms with Crippen LogP contribution < -0.4 is 15.4 Å². The Morgan fingerprint density at radius 1 is 1.15 bits per heavy atom. The molecule has 0 aliphatic carbocycles. The predicted molar refractivity (Wildman–Crippen MR) is 106 cm³/mol. The highest BCUT2D eigenvalue weighted by Crippen LogP contribution is 2.20. The minimum Gasteiger partial charge on any atom is -0.497 e. The number of nitrogens with one attached hydrogen (secondary N) is 2. The number of carbonyl (C=O) groups excluding carboxylic acids is 1. The molecule has 0 saturated carbocycles. The first-order valence-electron chi connectivity index (χ1n) is 8.95. The van der Waals surface area contributed by atoms with E-state index in [4.69, 9.17) is 4.74 Å². The first-order valence-corrected chi connectivity index (χ1v) is 8.95. The number of hydrogen-bond donors (Lipinski definition) is 2. The Balaban J connectivity index is 1.57. The summed E-state index contributed by atoms with van der Waals surface area (Å²) < 4.78 is 7.04. The van der Waals surface area contributed by atoms with Gasteiger partial charge in [-0.3, -0.25) is 4.68 Å². The average Bonchev–Trinajstić information content (AvgIpc) is 3.21. The van der Waals surface area contributed by atoms with Gasteiger partial charge < -0.3 is 15.4 Å². The lowest BCUT2D eigenvalue weighted by Gasteiger charge is -2.18. The van der Waals surface area contributed by atoms with Crippen LogP contribution in [-0.2, 0) is 6.54 Å². The SMILES string of the molecule is CCC(NC(=O)Nc1ccc(Cn2cccn2)cc1)c1ccc(OC)cc1. The summed E-state index contributed by atoms with van der Waals surface area (Å²) in [5.74, 6) is 0.799. The van der Waals surface area contributed by atoms with E-state index in [1.54, 1.807) is 13.3 Å². The number of hydrogen-bond acceptors (Lipinski definition) is 3. The van der Waals surface area contributed by atoms with Gasteiger partial charge in [0.1, 0.15) is 5.75 Å². The Kier molecular flexibility index (Phi) is 6.10. The monoisotopic (exact) mass is 364 g/mol. The number of aromatic nitrogens is 2. The molecule has 1 unspecified atom stereocenters. The molecule has 0 spiro atoms. The zero-order valence-corrected chi connectivity index (χ0v) is 15.6. The normalized spacial score (nSPS) is 11.6. The Morgan fingerprint density at radius 2 is 1.89 bits per heavy atom. The third kappa shape index (κ3) is 5.10. The fourth-order valence-electron chi connectivity index (χ4n) is 2.86. The number of ether oxygens (including phenoxy) is 1. The van der Waals surface area contributed by atoms with Gasteiger partial charge in [0.2, 0.25) is 0 Å². The van der Waals surface area contributed by atoms with Gasteiger partial charge in [-0.05, 0) is 47.9 Å². The molecule has 0 aliphatic heterocycles. The fraction of sp³-hybridized carbons (Fsp3) is 0.238. The summed E-state index contributed by atoms with van der Waals surface area (Å²) in [7, 11) is 1.64. The Bertz CT molecular complexity index is 843. The molecule has 1 aromatic heterocycles. The van der Waals surface area contributed by atoms with E-state index < -0.39 is 0 Å². The maximum atomic E-state index is 12.4. The number of methoxy groups -OCH3 is 1. The zero-order chi connectivity index (χ0) is 19.1. The van der Waals surface area contributed by atoms with Gasteiger partial charge in [-0.15, -0.1) is 0 Å². The second-order valence-electron chi connectivity index (χ2n) is 6.23. The van der Waals surface area contributed by atoms with Gasteiger partial charge in [0.05, 0.1) is 19.7 Å². The molecule has 0 bridgehead atoms. The number of carbonyl (C=O) groups is 1. The standard InChI is InChI=1S/C21H24N4O2/c1-3-20(17-7-11-19(27-2)12-8-17)24-21(26)23-18-9-5-16(6-10-18)15-25-14-4-13-22-25/h4-14,20H,3,15H2,1-2H3,(H2,23,24,26). The summed E-state index contributed by atoms with van der Waals surface area (Å²) in [5.41, 5.74) is 2.92. The van der Waals surface area contributed by atoms with Gasteiger partial charge in [-0.2, -0.15) is 5.10 Å². The number of nitrogens with zero attached hydrogens (tertiary/aromatic N) is 2. The number of urea groups is 1. The number of anilines is 1. The summed E-state index contributed by atoms with van der Waals surface area (Å²) >= 11 is 0. The highest BCUT2D eigenvalue weighted by molar-refractivity contribution is 5.89. The van der Waals surface area contributed by atoms with E-state index in [0.717, 1.165) is 29.0 Å². The smallest absolute Gasteiger partial charge is 0.319 e. The molecule has 0 radical (unpaired) electrons. The van der Waals surface area contributed by atoms with Gasteiger partial charge in [-0.1, -0.05) is 31.2 Å². The van der Waals surface area contributed by atoms with E-state index in [-0.39, 0.29) is 12.1 Å². The molecule has 2 amide bonds. The van der Waals surface area contributed by atoms with Crippen LogP contribution in [0, 0.1) is 0 Å². The Labute approximate surface area is 159 Å². The summed E-state index contributed by atoms with van der Waals surface area (Å²) in [6.45, 7) is 2.74. The van der Waals surface area contributed by atoms with E-state index in [1.807, 2.05) is 72.4 Å². The first-order chi connectivity index (χ1) is 13.2. The molecule has 6 heteroatoms. The molecule has 3 rings (SSSR count). The fourth-order valence-corrected chi connectivity index (χ4v) is 2.86. The van der Waals surface area contributed by atoms with Crippen molar-refractivity contribution in [1.29, 1.82) is 0 Å². The van der Waals surface area contributed by atoms with E-state index in [1.165, 1.54) is 0 Å². The number of benzene rings is 2. The van der Waals surface area contributed by atoms with Crippen molar-refractivity contribution in [2.45, 2.75) is 25.9 Å². The molecule has 2 aromatic carbocycles. The van der Waals surface area contributed by atoms with Crippen LogP contribution in [0.4, 0.5) is 10.5 Å². The summed E-state index contributed by atoms with van der Waals surface area (Å²) in [6, 6.07) is 17.1. The molecular formula is C21H24N4O2. The minimum atomic E-state index is -0.225. The van der Waals surface area contributed by atoms with Crippen LogP contribution in [0.15, 0.2) is 67.0 Å². The van der Waals surface area contributed by atoms with Crippen molar-refractivity contribution in [3.05, 3.63) is 78.1 Å². The van der Waals surface area contributed by atoms with Crippen LogP contribution in [-0.4, -0.2) is 22.9 Å². The van der Waals surface area contributed by atoms with Gasteiger partial charge >= 0.3 is 6.03 Å². The molecule has 6 nitrogen and oxygen atoms in total. The van der Waals surface area contributed by atoms with Crippen molar-refractivity contribution in [2.24, 2.45) is 0 Å². The highest BCUT2D eigenvalue weighted by Gasteiger charge is 2.13. The highest BCUT2D eigenvalue weighted by atomic mass is 16.5. The molecule has 0 saturated heterocycles. The van der Waals surface area contributed by atoms with Gasteiger partial charge in [0, 0.05) is 18.1 Å². The maximum Gasteiger partial charge on any atom is 0.319 e. The minimum absolute atomic E-state index is 0.0602. The first kappa shape index (κ1) is 18.5. The molecule has 3 aromatic rings. The largest absolute Gasteiger partial charge is 0.497 e. The van der Waals surface area contributed by atoms with Crippen molar-refractivity contribution in [3.63, 3.8) is 0 Å². The van der Waals surface area contributed by atoms with Crippen LogP contribution in [0.25, 0.3) is 0 Å². The molecule has 0 aliphatic rings. The molecule has 1 heterocycles. The lowest BCUT2D eigenvalue weighted by Crippen LogP contribution is -2.32. The van der Waals surface area contributed by atoms with Crippen LogP contribution in [0.5, 0.6) is 5.75 Å². The maximum absolute atomic E-state index is 12.4. The van der Waals surface area contributed by atoms with Crippen LogP contribution in [0.3, 0.4) is 0 Å². The number of rotatable bonds is 7.